The normalized spacial score (nSPS) is 12.3. The van der Waals surface area contributed by atoms with Gasteiger partial charge in [-0.3, -0.25) is 40.5 Å². The highest BCUT2D eigenvalue weighted by Gasteiger charge is 2.41. The van der Waals surface area contributed by atoms with Gasteiger partial charge in [0.1, 0.15) is 5.71 Å². The van der Waals surface area contributed by atoms with Gasteiger partial charge in [0.05, 0.1) is 43.0 Å². The molecule has 16 heteroatoms. The molecule has 0 heterocycles. The van der Waals surface area contributed by atoms with E-state index in [9.17, 15) is 50.4 Å². The van der Waals surface area contributed by atoms with Crippen molar-refractivity contribution in [3.63, 3.8) is 0 Å². The maximum Gasteiger partial charge on any atom is 0.347 e. The van der Waals surface area contributed by atoms with Gasteiger partial charge in [0.2, 0.25) is 6.10 Å². The summed E-state index contributed by atoms with van der Waals surface area (Å²) >= 11 is 0. The van der Waals surface area contributed by atoms with Gasteiger partial charge in [-0.05, 0) is 12.8 Å². The van der Waals surface area contributed by atoms with E-state index in [1.54, 1.807) is 6.92 Å². The molecule has 0 unspecified atom stereocenters. The third kappa shape index (κ3) is 4.56. The molecule has 2 aromatic carbocycles. The Morgan fingerprint density at radius 3 is 1.69 bits per heavy atom. The van der Waals surface area contributed by atoms with Gasteiger partial charge in [0.15, 0.2) is 0 Å². The molecule has 1 aliphatic rings. The fourth-order valence-electron chi connectivity index (χ4n) is 3.59. The van der Waals surface area contributed by atoms with E-state index in [1.165, 1.54) is 0 Å². The summed E-state index contributed by atoms with van der Waals surface area (Å²) in [5.74, 6) is -1.39. The summed E-state index contributed by atoms with van der Waals surface area (Å²) < 4.78 is 0. The zero-order chi connectivity index (χ0) is 26.0. The molecule has 0 spiro atoms. The number of rotatable bonds is 10. The lowest BCUT2D eigenvalue weighted by Gasteiger charge is -2.11. The van der Waals surface area contributed by atoms with Gasteiger partial charge in [0, 0.05) is 23.3 Å². The van der Waals surface area contributed by atoms with Crippen LogP contribution in [0, 0.1) is 40.5 Å². The van der Waals surface area contributed by atoms with Crippen LogP contribution in [0.25, 0.3) is 11.1 Å². The van der Waals surface area contributed by atoms with Crippen molar-refractivity contribution in [2.24, 2.45) is 5.16 Å². The van der Waals surface area contributed by atoms with E-state index in [4.69, 9.17) is 4.84 Å². The van der Waals surface area contributed by atoms with Gasteiger partial charge in [-0.25, -0.2) is 4.79 Å². The number of fused-ring (bicyclic) bond motifs is 3. The molecular formula is C19H15N5O11. The van der Waals surface area contributed by atoms with Crippen LogP contribution in [0.15, 0.2) is 29.4 Å². The first-order valence-electron chi connectivity index (χ1n) is 9.89. The quantitative estimate of drug-likeness (QED) is 0.318. The van der Waals surface area contributed by atoms with Crippen LogP contribution in [-0.2, 0) is 9.63 Å². The lowest BCUT2D eigenvalue weighted by molar-refractivity contribution is -0.395. The van der Waals surface area contributed by atoms with Gasteiger partial charge in [-0.15, -0.1) is 0 Å². The van der Waals surface area contributed by atoms with Gasteiger partial charge < -0.3 is 9.94 Å². The number of carboxylic acid groups (broad SMARTS) is 1. The summed E-state index contributed by atoms with van der Waals surface area (Å²) in [4.78, 5) is 59.0. The first-order chi connectivity index (χ1) is 16.5. The second kappa shape index (κ2) is 9.46. The van der Waals surface area contributed by atoms with Crippen LogP contribution in [0.3, 0.4) is 0 Å². The Balaban J connectivity index is 2.39. The van der Waals surface area contributed by atoms with Crippen molar-refractivity contribution in [3.05, 3.63) is 75.8 Å². The van der Waals surface area contributed by atoms with Crippen molar-refractivity contribution in [1.82, 2.24) is 0 Å². The van der Waals surface area contributed by atoms with E-state index in [1.807, 2.05) is 0 Å². The number of carboxylic acids is 1. The summed E-state index contributed by atoms with van der Waals surface area (Å²) in [7, 11) is 0. The summed E-state index contributed by atoms with van der Waals surface area (Å²) in [6.07, 6.45) is -0.404. The lowest BCUT2D eigenvalue weighted by atomic mass is 10.0. The first-order valence-corrected chi connectivity index (χ1v) is 9.89. The molecule has 182 valence electrons. The van der Waals surface area contributed by atoms with Crippen LogP contribution in [0.2, 0.25) is 0 Å². The molecule has 3 rings (SSSR count). The van der Waals surface area contributed by atoms with Crippen molar-refractivity contribution in [1.29, 1.82) is 0 Å². The SMILES string of the molecule is CCCC[C@@H](ON=C1c2cc([N+](=O)[O-])cc([N+](=O)[O-])c2-c2c1cc([N+](=O)[O-])cc2[N+](=O)[O-])C(=O)O. The van der Waals surface area contributed by atoms with E-state index in [0.29, 0.717) is 25.0 Å². The minimum atomic E-state index is -1.47. The van der Waals surface area contributed by atoms with Crippen LogP contribution < -0.4 is 0 Å². The number of oxime groups is 1. The predicted octanol–water partition coefficient (Wildman–Crippen LogP) is 3.71. The molecule has 0 amide bonds. The van der Waals surface area contributed by atoms with Crippen molar-refractivity contribution in [2.45, 2.75) is 32.3 Å². The monoisotopic (exact) mass is 489 g/mol. The molecule has 1 aliphatic carbocycles. The van der Waals surface area contributed by atoms with E-state index < -0.39 is 71.4 Å². The lowest BCUT2D eigenvalue weighted by Crippen LogP contribution is -2.22. The van der Waals surface area contributed by atoms with Crippen LogP contribution in [0.1, 0.15) is 37.3 Å². The van der Waals surface area contributed by atoms with Crippen LogP contribution in [0.4, 0.5) is 22.7 Å². The molecule has 0 fully saturated rings. The smallest absolute Gasteiger partial charge is 0.347 e. The molecule has 2 aromatic rings. The number of hydrogen-bond donors (Lipinski definition) is 1. The van der Waals surface area contributed by atoms with Crippen LogP contribution in [0.5, 0.6) is 0 Å². The summed E-state index contributed by atoms with van der Waals surface area (Å²) in [5.41, 5.74) is -5.26. The molecular weight excluding hydrogens is 474 g/mol. The highest BCUT2D eigenvalue weighted by atomic mass is 16.7. The summed E-state index contributed by atoms with van der Waals surface area (Å²) in [6.45, 7) is 1.80. The minimum absolute atomic E-state index is 0.0203. The third-order valence-electron chi connectivity index (χ3n) is 5.15. The van der Waals surface area contributed by atoms with Crippen molar-refractivity contribution >= 4 is 34.4 Å². The first kappa shape index (κ1) is 24.6. The van der Waals surface area contributed by atoms with Crippen molar-refractivity contribution < 1.29 is 34.4 Å². The van der Waals surface area contributed by atoms with Crippen molar-refractivity contribution in [2.75, 3.05) is 0 Å². The standard InChI is InChI=1S/C19H15N5O11/c1-2-3-4-15(19(25)26)35-20-18-11-5-9(21(27)28)7-13(23(31)32)16(11)17-12(18)6-10(22(29)30)8-14(17)24(33)34/h5-8,15H,2-4H2,1H3,(H,25,26)/t15-/m1/s1. The average molecular weight is 489 g/mol. The topological polar surface area (TPSA) is 231 Å². The number of nitro groups is 4. The maximum atomic E-state index is 11.7. The molecule has 16 nitrogen and oxygen atoms in total. The third-order valence-corrected chi connectivity index (χ3v) is 5.15. The van der Waals surface area contributed by atoms with Gasteiger partial charge >= 0.3 is 5.97 Å². The average Bonchev–Trinajstić information content (AvgIpc) is 3.10. The summed E-state index contributed by atoms with van der Waals surface area (Å²) in [5, 5.41) is 59.4. The molecule has 1 atom stereocenters. The molecule has 0 aromatic heterocycles. The molecule has 0 radical (unpaired) electrons. The second-order valence-corrected chi connectivity index (χ2v) is 7.32. The fraction of sp³-hybridized carbons (Fsp3) is 0.263. The Kier molecular flexibility index (Phi) is 6.65. The Morgan fingerprint density at radius 1 is 0.886 bits per heavy atom. The predicted molar refractivity (Wildman–Crippen MR) is 116 cm³/mol. The number of unbranched alkanes of at least 4 members (excludes halogenated alkanes) is 1. The highest BCUT2D eigenvalue weighted by molar-refractivity contribution is 6.27. The molecule has 0 aliphatic heterocycles. The second-order valence-electron chi connectivity index (χ2n) is 7.32. The number of nitrogens with zero attached hydrogens (tertiary/aromatic N) is 5. The maximum absolute atomic E-state index is 11.7. The number of hydrogen-bond acceptors (Lipinski definition) is 11. The largest absolute Gasteiger partial charge is 0.478 e. The van der Waals surface area contributed by atoms with E-state index in [0.717, 1.165) is 12.1 Å². The molecule has 35 heavy (non-hydrogen) atoms. The van der Waals surface area contributed by atoms with Crippen LogP contribution >= 0.6 is 0 Å². The van der Waals surface area contributed by atoms with E-state index >= 15 is 0 Å². The number of carbonyl (C=O) groups is 1. The number of non-ortho nitro benzene ring substituents is 2. The van der Waals surface area contributed by atoms with E-state index in [-0.39, 0.29) is 17.5 Å². The van der Waals surface area contributed by atoms with Gasteiger partial charge in [-0.2, -0.15) is 0 Å². The Labute approximate surface area is 194 Å². The fourth-order valence-corrected chi connectivity index (χ4v) is 3.59. The van der Waals surface area contributed by atoms with Gasteiger partial charge in [0.25, 0.3) is 22.7 Å². The molecule has 0 saturated heterocycles. The Morgan fingerprint density at radius 2 is 1.34 bits per heavy atom. The molecule has 1 N–H and O–H groups in total. The molecule has 0 bridgehead atoms. The molecule has 0 saturated carbocycles. The van der Waals surface area contributed by atoms with Crippen molar-refractivity contribution in [3.8, 4) is 11.1 Å². The minimum Gasteiger partial charge on any atom is -0.478 e. The highest BCUT2D eigenvalue weighted by Crippen LogP contribution is 2.50. The number of nitro benzene ring substituents is 4. The Bertz CT molecular complexity index is 1240. The summed E-state index contributed by atoms with van der Waals surface area (Å²) in [6, 6.07) is 2.89. The van der Waals surface area contributed by atoms with Crippen LogP contribution in [-0.4, -0.2) is 42.6 Å². The van der Waals surface area contributed by atoms with E-state index in [2.05, 4.69) is 5.16 Å². The number of benzene rings is 2. The zero-order valence-electron chi connectivity index (χ0n) is 17.8. The van der Waals surface area contributed by atoms with Gasteiger partial charge in [-0.1, -0.05) is 18.5 Å². The zero-order valence-corrected chi connectivity index (χ0v) is 17.8. The Hall–Kier alpha value is -5.02. The number of aliphatic carboxylic acids is 1.